The molecule has 1 N–H and O–H groups in total. The molecule has 35 heavy (non-hydrogen) atoms. The van der Waals surface area contributed by atoms with Gasteiger partial charge in [-0.25, -0.2) is 4.79 Å². The Hall–Kier alpha value is -3.47. The summed E-state index contributed by atoms with van der Waals surface area (Å²) in [7, 11) is 0. The van der Waals surface area contributed by atoms with Crippen molar-refractivity contribution < 1.29 is 14.3 Å². The van der Waals surface area contributed by atoms with Crippen LogP contribution in [0.1, 0.15) is 75.6 Å². The van der Waals surface area contributed by atoms with Gasteiger partial charge in [0, 0.05) is 18.8 Å². The van der Waals surface area contributed by atoms with E-state index in [1.54, 1.807) is 25.3 Å². The Bertz CT molecular complexity index is 880. The van der Waals surface area contributed by atoms with Gasteiger partial charge in [0.15, 0.2) is 6.23 Å². The molecule has 1 heterocycles. The largest absolute Gasteiger partial charge is 0.438 e. The number of carbonyl (C=O) groups is 2. The summed E-state index contributed by atoms with van der Waals surface area (Å²) >= 11 is 0. The molecule has 0 aliphatic carbocycles. The molecule has 1 unspecified atom stereocenters. The number of nitrogens with one attached hydrogen (secondary N) is 1. The van der Waals surface area contributed by atoms with Gasteiger partial charge in [0.05, 0.1) is 5.56 Å². The molecule has 188 valence electrons. The number of ether oxygens (including phenoxy) is 1. The average Bonchev–Trinajstić information content (AvgIpc) is 2.85. The summed E-state index contributed by atoms with van der Waals surface area (Å²) in [6.07, 6.45) is 34.9. The minimum atomic E-state index is -0.694. The van der Waals surface area contributed by atoms with Crippen molar-refractivity contribution in [2.75, 3.05) is 0 Å². The smallest absolute Gasteiger partial charge is 0.341 e. The van der Waals surface area contributed by atoms with Crippen LogP contribution in [-0.2, 0) is 9.53 Å². The number of amides is 1. The number of nitrogens with zero attached hydrogens (tertiary/aromatic N) is 1. The van der Waals surface area contributed by atoms with Crippen LogP contribution in [0.5, 0.6) is 0 Å². The molecule has 0 aromatic carbocycles. The quantitative estimate of drug-likeness (QED) is 0.147. The van der Waals surface area contributed by atoms with E-state index in [1.165, 1.54) is 6.20 Å². The summed E-state index contributed by atoms with van der Waals surface area (Å²) in [6.45, 7) is 3.77. The number of hydrogen-bond acceptors (Lipinski definition) is 4. The lowest BCUT2D eigenvalue weighted by Gasteiger charge is -2.14. The van der Waals surface area contributed by atoms with Crippen molar-refractivity contribution in [3.05, 3.63) is 103 Å². The van der Waals surface area contributed by atoms with Gasteiger partial charge in [-0.2, -0.15) is 0 Å². The van der Waals surface area contributed by atoms with E-state index in [4.69, 9.17) is 4.74 Å². The Kier molecular flexibility index (Phi) is 17.8. The Morgan fingerprint density at radius 3 is 1.86 bits per heavy atom. The molecule has 1 atom stereocenters. The lowest BCUT2D eigenvalue weighted by atomic mass is 10.2. The van der Waals surface area contributed by atoms with Crippen LogP contribution in [0.3, 0.4) is 0 Å². The highest BCUT2D eigenvalue weighted by Crippen LogP contribution is 2.02. The third-order valence-electron chi connectivity index (χ3n) is 4.68. The van der Waals surface area contributed by atoms with Gasteiger partial charge in [-0.15, -0.1) is 0 Å². The molecule has 1 rings (SSSR count). The van der Waals surface area contributed by atoms with E-state index in [-0.39, 0.29) is 5.91 Å². The molecule has 5 heteroatoms. The first-order valence-electron chi connectivity index (χ1n) is 12.4. The zero-order valence-corrected chi connectivity index (χ0v) is 21.1. The van der Waals surface area contributed by atoms with Gasteiger partial charge in [0.1, 0.15) is 0 Å². The van der Waals surface area contributed by atoms with E-state index in [0.29, 0.717) is 18.4 Å². The highest BCUT2D eigenvalue weighted by atomic mass is 16.6. The summed E-state index contributed by atoms with van der Waals surface area (Å²) in [6, 6.07) is 3.28. The van der Waals surface area contributed by atoms with Crippen molar-refractivity contribution in [2.24, 2.45) is 0 Å². The third-order valence-corrected chi connectivity index (χ3v) is 4.68. The van der Waals surface area contributed by atoms with Gasteiger partial charge in [0.2, 0.25) is 5.91 Å². The molecule has 0 aliphatic rings. The normalized spacial score (nSPS) is 13.2. The summed E-state index contributed by atoms with van der Waals surface area (Å²) in [4.78, 5) is 27.8. The van der Waals surface area contributed by atoms with Gasteiger partial charge in [0.25, 0.3) is 0 Å². The molecule has 1 amide bonds. The molecule has 1 aromatic rings. The van der Waals surface area contributed by atoms with Crippen LogP contribution in [-0.4, -0.2) is 23.1 Å². The second-order valence-corrected chi connectivity index (χ2v) is 7.81. The summed E-state index contributed by atoms with van der Waals surface area (Å²) in [5.74, 6) is -0.668. The van der Waals surface area contributed by atoms with E-state index >= 15 is 0 Å². The summed E-state index contributed by atoms with van der Waals surface area (Å²) in [5.41, 5.74) is 0.353. The van der Waals surface area contributed by atoms with Gasteiger partial charge in [-0.3, -0.25) is 9.78 Å². The number of pyridine rings is 1. The number of carbonyl (C=O) groups excluding carboxylic acids is 2. The predicted octanol–water partition coefficient (Wildman–Crippen LogP) is 7.18. The molecular weight excluding hydrogens is 436 g/mol. The number of esters is 1. The van der Waals surface area contributed by atoms with Gasteiger partial charge in [-0.05, 0) is 64.0 Å². The highest BCUT2D eigenvalue weighted by Gasteiger charge is 2.13. The first-order valence-corrected chi connectivity index (χ1v) is 12.4. The summed E-state index contributed by atoms with van der Waals surface area (Å²) in [5, 5.41) is 2.67. The lowest BCUT2D eigenvalue weighted by Crippen LogP contribution is -2.35. The number of rotatable bonds is 17. The van der Waals surface area contributed by atoms with E-state index < -0.39 is 12.2 Å². The molecule has 0 bridgehead atoms. The van der Waals surface area contributed by atoms with Crippen LogP contribution in [0.25, 0.3) is 0 Å². The maximum atomic E-state index is 12.0. The van der Waals surface area contributed by atoms with Crippen molar-refractivity contribution in [3.8, 4) is 0 Å². The Labute approximate surface area is 211 Å². The maximum Gasteiger partial charge on any atom is 0.341 e. The van der Waals surface area contributed by atoms with Crippen molar-refractivity contribution in [1.29, 1.82) is 0 Å². The fourth-order valence-electron chi connectivity index (χ4n) is 2.89. The van der Waals surface area contributed by atoms with Crippen molar-refractivity contribution in [2.45, 2.75) is 71.4 Å². The Balaban J connectivity index is 2.04. The zero-order chi connectivity index (χ0) is 25.4. The van der Waals surface area contributed by atoms with Crippen LogP contribution in [0, 0.1) is 0 Å². The molecule has 1 aromatic heterocycles. The zero-order valence-electron chi connectivity index (χ0n) is 21.1. The number of hydrogen-bond donors (Lipinski definition) is 1. The summed E-state index contributed by atoms with van der Waals surface area (Å²) < 4.78 is 5.20. The standard InChI is InChI=1S/C30H40N2O3/c1-3-4-5-6-7-8-9-10-11-12-13-14-15-16-17-18-19-20-21-24-29(33)32-27(2)35-30(34)28-23-22-25-31-26-28/h4-5,7-8,10-11,13-14,16-17,19-20,22-23,25-27H,3,6,9,12,15,18,21,24H2,1-2H3,(H,32,33)/b5-4-,8-7-,11-10-,14-13-,17-16-,20-19-. The van der Waals surface area contributed by atoms with E-state index in [9.17, 15) is 9.59 Å². The van der Waals surface area contributed by atoms with Crippen molar-refractivity contribution >= 4 is 11.9 Å². The minimum absolute atomic E-state index is 0.156. The van der Waals surface area contributed by atoms with Crippen molar-refractivity contribution in [1.82, 2.24) is 10.3 Å². The monoisotopic (exact) mass is 476 g/mol. The second-order valence-electron chi connectivity index (χ2n) is 7.81. The fourth-order valence-corrected chi connectivity index (χ4v) is 2.89. The molecule has 0 fully saturated rings. The topological polar surface area (TPSA) is 68.3 Å². The first kappa shape index (κ1) is 29.6. The minimum Gasteiger partial charge on any atom is -0.438 e. The number of aromatic nitrogens is 1. The van der Waals surface area contributed by atoms with Crippen molar-refractivity contribution in [3.63, 3.8) is 0 Å². The van der Waals surface area contributed by atoms with Crippen LogP contribution < -0.4 is 5.32 Å². The van der Waals surface area contributed by atoms with Crippen LogP contribution in [0.2, 0.25) is 0 Å². The van der Waals surface area contributed by atoms with E-state index in [2.05, 4.69) is 78.0 Å². The first-order chi connectivity index (χ1) is 17.1. The lowest BCUT2D eigenvalue weighted by molar-refractivity contribution is -0.123. The van der Waals surface area contributed by atoms with E-state index in [1.807, 2.05) is 12.2 Å². The van der Waals surface area contributed by atoms with Gasteiger partial charge in [-0.1, -0.05) is 79.8 Å². The van der Waals surface area contributed by atoms with E-state index in [0.717, 1.165) is 38.5 Å². The molecule has 0 radical (unpaired) electrons. The highest BCUT2D eigenvalue weighted by molar-refractivity contribution is 5.89. The Morgan fingerprint density at radius 2 is 1.37 bits per heavy atom. The van der Waals surface area contributed by atoms with Crippen LogP contribution >= 0.6 is 0 Å². The molecular formula is C30H40N2O3. The van der Waals surface area contributed by atoms with Gasteiger partial charge < -0.3 is 10.1 Å². The fraction of sp³-hybridized carbons (Fsp3) is 0.367. The van der Waals surface area contributed by atoms with Crippen LogP contribution in [0.4, 0.5) is 0 Å². The molecule has 5 nitrogen and oxygen atoms in total. The van der Waals surface area contributed by atoms with Crippen LogP contribution in [0.15, 0.2) is 97.4 Å². The van der Waals surface area contributed by atoms with Gasteiger partial charge >= 0.3 is 5.97 Å². The number of allylic oxidation sites excluding steroid dienone is 12. The average molecular weight is 477 g/mol. The Morgan fingerprint density at radius 1 is 0.857 bits per heavy atom. The molecule has 0 saturated carbocycles. The molecule has 0 spiro atoms. The SMILES string of the molecule is CC/C=C\C/C=C\C/C=C\C/C=C\C/C=C\C/C=C\CCC(=O)NC(C)OC(=O)c1cccnc1. The predicted molar refractivity (Wildman–Crippen MR) is 145 cm³/mol. The molecule has 0 aliphatic heterocycles. The molecule has 0 saturated heterocycles. The third kappa shape index (κ3) is 17.6. The second kappa shape index (κ2) is 21.1. The maximum absolute atomic E-state index is 12.0.